The van der Waals surface area contributed by atoms with Gasteiger partial charge < -0.3 is 15.4 Å². The quantitative estimate of drug-likeness (QED) is 0.847. The Kier molecular flexibility index (Phi) is 5.46. The fourth-order valence-corrected chi connectivity index (χ4v) is 2.94. The van der Waals surface area contributed by atoms with Gasteiger partial charge in [0.1, 0.15) is 0 Å². The fraction of sp³-hybridized carbons (Fsp3) is 0.429. The number of ether oxygens (including phenoxy) is 1. The number of anilines is 1. The Labute approximate surface area is 123 Å². The molecule has 0 bridgehead atoms. The van der Waals surface area contributed by atoms with E-state index in [4.69, 9.17) is 10.5 Å². The summed E-state index contributed by atoms with van der Waals surface area (Å²) in [6.45, 7) is 4.86. The highest BCUT2D eigenvalue weighted by Gasteiger charge is 2.14. The van der Waals surface area contributed by atoms with Crippen LogP contribution in [0.15, 0.2) is 24.5 Å². The normalized spacial score (nSPS) is 10.8. The van der Waals surface area contributed by atoms with Gasteiger partial charge in [-0.2, -0.15) is 0 Å². The molecule has 6 heteroatoms. The van der Waals surface area contributed by atoms with Crippen LogP contribution in [0.5, 0.6) is 0 Å². The molecule has 2 aromatic heterocycles. The van der Waals surface area contributed by atoms with Crippen LogP contribution < -0.4 is 10.6 Å². The van der Waals surface area contributed by atoms with E-state index in [1.165, 1.54) is 5.56 Å². The summed E-state index contributed by atoms with van der Waals surface area (Å²) >= 11 is 1.65. The van der Waals surface area contributed by atoms with Gasteiger partial charge in [0.05, 0.1) is 12.3 Å². The standard InChI is InChI=1S/C14H20N4OS/c1-3-18(9-11-4-6-16-7-5-11)14-17-12(10-19-2)13(8-15)20-14/h4-7H,3,8-10,15H2,1-2H3. The molecule has 0 atom stereocenters. The fourth-order valence-electron chi connectivity index (χ4n) is 1.94. The van der Waals surface area contributed by atoms with E-state index in [-0.39, 0.29) is 0 Å². The van der Waals surface area contributed by atoms with Crippen molar-refractivity contribution in [3.05, 3.63) is 40.7 Å². The minimum Gasteiger partial charge on any atom is -0.378 e. The first-order chi connectivity index (χ1) is 9.78. The molecule has 0 aliphatic rings. The number of pyridine rings is 1. The molecule has 0 aliphatic heterocycles. The number of rotatable bonds is 7. The predicted octanol–water partition coefficient (Wildman–Crippen LogP) is 2.17. The van der Waals surface area contributed by atoms with Crippen LogP contribution in [-0.2, 0) is 24.4 Å². The molecular weight excluding hydrogens is 272 g/mol. The number of hydrogen-bond acceptors (Lipinski definition) is 6. The van der Waals surface area contributed by atoms with E-state index < -0.39 is 0 Å². The average molecular weight is 292 g/mol. The second kappa shape index (κ2) is 7.33. The van der Waals surface area contributed by atoms with Gasteiger partial charge in [-0.1, -0.05) is 0 Å². The molecule has 20 heavy (non-hydrogen) atoms. The number of methoxy groups -OCH3 is 1. The lowest BCUT2D eigenvalue weighted by Crippen LogP contribution is -2.21. The molecule has 0 aromatic carbocycles. The van der Waals surface area contributed by atoms with E-state index in [1.807, 2.05) is 24.5 Å². The average Bonchev–Trinajstić information content (AvgIpc) is 2.89. The summed E-state index contributed by atoms with van der Waals surface area (Å²) in [5.41, 5.74) is 7.95. The summed E-state index contributed by atoms with van der Waals surface area (Å²) in [6, 6.07) is 4.05. The van der Waals surface area contributed by atoms with Gasteiger partial charge in [-0.05, 0) is 24.6 Å². The molecule has 0 amide bonds. The van der Waals surface area contributed by atoms with Crippen molar-refractivity contribution in [2.75, 3.05) is 18.6 Å². The van der Waals surface area contributed by atoms with Gasteiger partial charge in [0.15, 0.2) is 5.13 Å². The zero-order valence-electron chi connectivity index (χ0n) is 11.9. The van der Waals surface area contributed by atoms with Crippen molar-refractivity contribution in [2.24, 2.45) is 5.73 Å². The molecule has 108 valence electrons. The number of nitrogens with two attached hydrogens (primary N) is 1. The van der Waals surface area contributed by atoms with Crippen molar-refractivity contribution in [1.29, 1.82) is 0 Å². The molecule has 0 saturated carbocycles. The lowest BCUT2D eigenvalue weighted by atomic mass is 10.2. The number of hydrogen-bond donors (Lipinski definition) is 1. The third-order valence-corrected chi connectivity index (χ3v) is 4.19. The van der Waals surface area contributed by atoms with Gasteiger partial charge in [-0.15, -0.1) is 11.3 Å². The minimum atomic E-state index is 0.503. The Balaban J connectivity index is 2.18. The maximum atomic E-state index is 5.78. The Morgan fingerprint density at radius 2 is 2.10 bits per heavy atom. The van der Waals surface area contributed by atoms with E-state index >= 15 is 0 Å². The molecule has 2 rings (SSSR count). The third-order valence-electron chi connectivity index (χ3n) is 3.01. The second-order valence-corrected chi connectivity index (χ2v) is 5.44. The Hall–Kier alpha value is -1.50. The van der Waals surface area contributed by atoms with Crippen LogP contribution in [0.2, 0.25) is 0 Å². The van der Waals surface area contributed by atoms with Crippen LogP contribution in [0.4, 0.5) is 5.13 Å². The lowest BCUT2D eigenvalue weighted by Gasteiger charge is -2.19. The zero-order chi connectivity index (χ0) is 14.4. The van der Waals surface area contributed by atoms with Gasteiger partial charge in [-0.25, -0.2) is 4.98 Å². The first kappa shape index (κ1) is 14.9. The number of nitrogens with zero attached hydrogens (tertiary/aromatic N) is 3. The summed E-state index contributed by atoms with van der Waals surface area (Å²) in [5.74, 6) is 0. The molecule has 0 aliphatic carbocycles. The Morgan fingerprint density at radius 1 is 1.35 bits per heavy atom. The van der Waals surface area contributed by atoms with Crippen molar-refractivity contribution >= 4 is 16.5 Å². The Morgan fingerprint density at radius 3 is 2.70 bits per heavy atom. The smallest absolute Gasteiger partial charge is 0.186 e. The summed E-state index contributed by atoms with van der Waals surface area (Å²) < 4.78 is 5.18. The largest absolute Gasteiger partial charge is 0.378 e. The topological polar surface area (TPSA) is 64.3 Å². The molecule has 0 saturated heterocycles. The van der Waals surface area contributed by atoms with Gasteiger partial charge in [0.2, 0.25) is 0 Å². The molecule has 0 radical (unpaired) electrons. The molecule has 2 aromatic rings. The van der Waals surface area contributed by atoms with Crippen molar-refractivity contribution in [3.8, 4) is 0 Å². The zero-order valence-corrected chi connectivity index (χ0v) is 12.7. The van der Waals surface area contributed by atoms with E-state index in [1.54, 1.807) is 18.4 Å². The Bertz CT molecular complexity index is 529. The van der Waals surface area contributed by atoms with Crippen LogP contribution in [0.1, 0.15) is 23.1 Å². The summed E-state index contributed by atoms with van der Waals surface area (Å²) in [5, 5.41) is 0.997. The highest BCUT2D eigenvalue weighted by molar-refractivity contribution is 7.15. The van der Waals surface area contributed by atoms with E-state index in [9.17, 15) is 0 Å². The van der Waals surface area contributed by atoms with E-state index in [0.717, 1.165) is 28.8 Å². The summed E-state index contributed by atoms with van der Waals surface area (Å²) in [6.07, 6.45) is 3.62. The molecule has 0 unspecified atom stereocenters. The first-order valence-electron chi connectivity index (χ1n) is 6.59. The number of aromatic nitrogens is 2. The highest BCUT2D eigenvalue weighted by Crippen LogP contribution is 2.27. The van der Waals surface area contributed by atoms with Crippen molar-refractivity contribution in [3.63, 3.8) is 0 Å². The monoisotopic (exact) mass is 292 g/mol. The SMILES string of the molecule is CCN(Cc1ccncc1)c1nc(COC)c(CN)s1. The van der Waals surface area contributed by atoms with Crippen LogP contribution in [-0.4, -0.2) is 23.6 Å². The van der Waals surface area contributed by atoms with Gasteiger partial charge in [0.25, 0.3) is 0 Å². The van der Waals surface area contributed by atoms with Crippen LogP contribution in [0.3, 0.4) is 0 Å². The predicted molar refractivity (Wildman–Crippen MR) is 81.7 cm³/mol. The van der Waals surface area contributed by atoms with Crippen molar-refractivity contribution in [1.82, 2.24) is 9.97 Å². The summed E-state index contributed by atoms with van der Waals surface area (Å²) in [4.78, 5) is 12.0. The maximum Gasteiger partial charge on any atom is 0.186 e. The number of thiazole rings is 1. The molecule has 0 fully saturated rings. The van der Waals surface area contributed by atoms with E-state index in [2.05, 4.69) is 21.8 Å². The second-order valence-electron chi connectivity index (χ2n) is 4.37. The molecular formula is C14H20N4OS. The molecule has 5 nitrogen and oxygen atoms in total. The first-order valence-corrected chi connectivity index (χ1v) is 7.41. The van der Waals surface area contributed by atoms with Gasteiger partial charge in [-0.3, -0.25) is 4.98 Å². The highest BCUT2D eigenvalue weighted by atomic mass is 32.1. The van der Waals surface area contributed by atoms with Crippen LogP contribution >= 0.6 is 11.3 Å². The van der Waals surface area contributed by atoms with E-state index in [0.29, 0.717) is 13.2 Å². The third kappa shape index (κ3) is 3.53. The van der Waals surface area contributed by atoms with Crippen molar-refractivity contribution < 1.29 is 4.74 Å². The van der Waals surface area contributed by atoms with Gasteiger partial charge in [0, 0.05) is 44.0 Å². The maximum absolute atomic E-state index is 5.78. The van der Waals surface area contributed by atoms with Crippen LogP contribution in [0, 0.1) is 0 Å². The van der Waals surface area contributed by atoms with Crippen LogP contribution in [0.25, 0.3) is 0 Å². The molecule has 0 spiro atoms. The lowest BCUT2D eigenvalue weighted by molar-refractivity contribution is 0.181. The van der Waals surface area contributed by atoms with Gasteiger partial charge >= 0.3 is 0 Å². The summed E-state index contributed by atoms with van der Waals surface area (Å²) in [7, 11) is 1.67. The molecule has 2 N–H and O–H groups in total. The minimum absolute atomic E-state index is 0.503. The molecule has 2 heterocycles. The van der Waals surface area contributed by atoms with Crippen molar-refractivity contribution in [2.45, 2.75) is 26.6 Å².